The minimum atomic E-state index is -0.138. The summed E-state index contributed by atoms with van der Waals surface area (Å²) in [6.07, 6.45) is 5.24. The Morgan fingerprint density at radius 1 is 0.884 bits per heavy atom. The number of pyridine rings is 3. The van der Waals surface area contributed by atoms with Crippen molar-refractivity contribution in [2.45, 2.75) is 25.3 Å². The molecule has 1 aliphatic heterocycles. The average Bonchev–Trinajstić information content (AvgIpc) is 3.53. The third-order valence-electron chi connectivity index (χ3n) is 7.97. The van der Waals surface area contributed by atoms with E-state index in [4.69, 9.17) is 4.98 Å². The van der Waals surface area contributed by atoms with Crippen molar-refractivity contribution in [3.05, 3.63) is 113 Å². The van der Waals surface area contributed by atoms with Gasteiger partial charge in [0.05, 0.1) is 16.6 Å². The first-order valence-electron chi connectivity index (χ1n) is 14.1. The predicted octanol–water partition coefficient (Wildman–Crippen LogP) is 5.94. The van der Waals surface area contributed by atoms with Crippen LogP contribution in [0.4, 0.5) is 0 Å². The maximum absolute atomic E-state index is 12.5. The number of benzene rings is 2. The van der Waals surface area contributed by atoms with Crippen LogP contribution in [0.2, 0.25) is 0 Å². The van der Waals surface area contributed by atoms with Crippen LogP contribution in [0.15, 0.2) is 96.1 Å². The van der Waals surface area contributed by atoms with E-state index in [0.717, 1.165) is 66.2 Å². The van der Waals surface area contributed by atoms with Crippen LogP contribution in [0, 0.1) is 0 Å². The number of likely N-dealkylation sites (tertiary alicyclic amines) is 1. The van der Waals surface area contributed by atoms with Gasteiger partial charge in [-0.2, -0.15) is 0 Å². The number of piperidine rings is 1. The van der Waals surface area contributed by atoms with Gasteiger partial charge in [-0.3, -0.25) is 9.69 Å². The predicted molar refractivity (Wildman–Crippen MR) is 169 cm³/mol. The number of nitrogens with zero attached hydrogens (tertiary/aromatic N) is 5. The van der Waals surface area contributed by atoms with E-state index in [2.05, 4.69) is 54.3 Å². The zero-order chi connectivity index (χ0) is 28.5. The van der Waals surface area contributed by atoms with E-state index < -0.39 is 0 Å². The van der Waals surface area contributed by atoms with E-state index in [0.29, 0.717) is 22.6 Å². The molecule has 7 rings (SSSR count). The van der Waals surface area contributed by atoms with Crippen LogP contribution in [0.3, 0.4) is 0 Å². The van der Waals surface area contributed by atoms with E-state index in [-0.39, 0.29) is 23.8 Å². The third kappa shape index (κ3) is 5.90. The summed E-state index contributed by atoms with van der Waals surface area (Å²) in [5.74, 6) is 1.89. The second kappa shape index (κ2) is 12.2. The smallest absolute Gasteiger partial charge is 0.257 e. The van der Waals surface area contributed by atoms with Crippen molar-refractivity contribution in [2.75, 3.05) is 13.1 Å². The van der Waals surface area contributed by atoms with Crippen LogP contribution in [0.5, 0.6) is 5.88 Å². The van der Waals surface area contributed by atoms with Crippen LogP contribution in [-0.2, 0) is 6.54 Å². The van der Waals surface area contributed by atoms with Gasteiger partial charge in [-0.25, -0.2) is 9.97 Å². The lowest BCUT2D eigenvalue weighted by Crippen LogP contribution is -2.32. The lowest BCUT2D eigenvalue weighted by atomic mass is 9.95. The highest BCUT2D eigenvalue weighted by atomic mass is 35.5. The summed E-state index contributed by atoms with van der Waals surface area (Å²) in [4.78, 5) is 29.9. The molecule has 0 aliphatic carbocycles. The number of aromatic nitrogens is 6. The Hall–Kier alpha value is -4.86. The molecular weight excluding hydrogens is 562 g/mol. The molecule has 5 heterocycles. The lowest BCUT2D eigenvalue weighted by Gasteiger charge is -2.30. The number of halogens is 1. The van der Waals surface area contributed by atoms with Gasteiger partial charge >= 0.3 is 0 Å². The van der Waals surface area contributed by atoms with Gasteiger partial charge in [0.15, 0.2) is 5.82 Å². The summed E-state index contributed by atoms with van der Waals surface area (Å²) in [5, 5.41) is 18.7. The van der Waals surface area contributed by atoms with Crippen LogP contribution in [-0.4, -0.2) is 53.2 Å². The molecular formula is C33H30ClN7O2. The van der Waals surface area contributed by atoms with Crippen LogP contribution < -0.4 is 5.56 Å². The molecule has 0 amide bonds. The van der Waals surface area contributed by atoms with E-state index >= 15 is 0 Å². The molecule has 9 nitrogen and oxygen atoms in total. The number of hydrogen-bond donors (Lipinski definition) is 3. The Kier molecular flexibility index (Phi) is 8.00. The molecule has 0 bridgehead atoms. The third-order valence-corrected chi connectivity index (χ3v) is 7.97. The summed E-state index contributed by atoms with van der Waals surface area (Å²) in [5.41, 5.74) is 6.43. The number of nitrogens with one attached hydrogen (secondary N) is 2. The molecule has 216 valence electrons. The molecule has 0 saturated carbocycles. The molecule has 0 spiro atoms. The zero-order valence-corrected chi connectivity index (χ0v) is 24.1. The second-order valence-corrected chi connectivity index (χ2v) is 10.7. The summed E-state index contributed by atoms with van der Waals surface area (Å²) in [6.45, 7) is 2.82. The molecule has 2 aromatic carbocycles. The fourth-order valence-electron chi connectivity index (χ4n) is 5.67. The summed E-state index contributed by atoms with van der Waals surface area (Å²) in [7, 11) is 0. The number of aromatic amines is 2. The lowest BCUT2D eigenvalue weighted by molar-refractivity contribution is 0.202. The SMILES string of the molecule is Cl.O=c1[nH]ccc2nc(-c3ccc(CN4CCC(c5nnc(-c6ccc(O)nc6)[nH]5)CC4)cc3)c(-c3ccccc3)cc12. The zero-order valence-electron chi connectivity index (χ0n) is 23.3. The molecule has 1 fully saturated rings. The minimum absolute atomic E-state index is 0. The Balaban J connectivity index is 0.00000329. The summed E-state index contributed by atoms with van der Waals surface area (Å²) in [6, 6.07) is 25.8. The molecule has 10 heteroatoms. The van der Waals surface area contributed by atoms with Gasteiger partial charge in [-0.05, 0) is 55.3 Å². The maximum atomic E-state index is 12.5. The first-order valence-corrected chi connectivity index (χ1v) is 14.1. The molecule has 3 N–H and O–H groups in total. The highest BCUT2D eigenvalue weighted by Gasteiger charge is 2.24. The quantitative estimate of drug-likeness (QED) is 0.219. The summed E-state index contributed by atoms with van der Waals surface area (Å²) >= 11 is 0. The number of hydrogen-bond acceptors (Lipinski definition) is 7. The average molecular weight is 592 g/mol. The Labute approximate surface area is 254 Å². The van der Waals surface area contributed by atoms with E-state index in [9.17, 15) is 9.90 Å². The van der Waals surface area contributed by atoms with Crippen molar-refractivity contribution < 1.29 is 5.11 Å². The Morgan fingerprint density at radius 3 is 2.40 bits per heavy atom. The van der Waals surface area contributed by atoms with Crippen molar-refractivity contribution in [1.29, 1.82) is 0 Å². The van der Waals surface area contributed by atoms with Gasteiger partial charge in [0.1, 0.15) is 5.82 Å². The maximum Gasteiger partial charge on any atom is 0.257 e. The van der Waals surface area contributed by atoms with E-state index in [1.54, 1.807) is 24.5 Å². The standard InChI is InChI=1S/C33H29N7O2.ClH/c41-29-11-10-25(19-35-29)32-37-31(38-39-32)24-13-16-40(17-14-24)20-21-6-8-23(9-7-21)30-26(22-4-2-1-3-5-22)18-27-28(36-30)12-15-34-33(27)42;/h1-12,15,18-19,24H,13-14,16-17,20H2,(H,34,42)(H,35,41)(H,37,38,39);1H. The van der Waals surface area contributed by atoms with E-state index in [1.165, 1.54) is 5.56 Å². The number of fused-ring (bicyclic) bond motifs is 1. The van der Waals surface area contributed by atoms with Gasteiger partial charge in [0.25, 0.3) is 5.56 Å². The fraction of sp³-hybridized carbons (Fsp3) is 0.182. The van der Waals surface area contributed by atoms with Gasteiger partial charge in [-0.15, -0.1) is 22.6 Å². The Morgan fingerprint density at radius 2 is 1.65 bits per heavy atom. The largest absolute Gasteiger partial charge is 0.493 e. The highest BCUT2D eigenvalue weighted by Crippen LogP contribution is 2.33. The molecule has 0 radical (unpaired) electrons. The number of aromatic hydroxyl groups is 1. The molecule has 4 aromatic heterocycles. The van der Waals surface area contributed by atoms with Gasteiger partial charge < -0.3 is 15.1 Å². The molecule has 6 aromatic rings. The van der Waals surface area contributed by atoms with Gasteiger partial charge in [0, 0.05) is 47.6 Å². The topological polar surface area (TPSA) is 124 Å². The molecule has 0 unspecified atom stereocenters. The van der Waals surface area contributed by atoms with Crippen LogP contribution in [0.25, 0.3) is 44.7 Å². The highest BCUT2D eigenvalue weighted by molar-refractivity contribution is 5.91. The van der Waals surface area contributed by atoms with E-state index in [1.807, 2.05) is 42.5 Å². The van der Waals surface area contributed by atoms with Gasteiger partial charge in [0.2, 0.25) is 5.88 Å². The number of rotatable bonds is 6. The molecule has 0 atom stereocenters. The van der Waals surface area contributed by atoms with Crippen molar-refractivity contribution in [1.82, 2.24) is 35.0 Å². The second-order valence-electron chi connectivity index (χ2n) is 10.7. The fourth-order valence-corrected chi connectivity index (χ4v) is 5.67. The van der Waals surface area contributed by atoms with Crippen molar-refractivity contribution in [3.63, 3.8) is 0 Å². The van der Waals surface area contributed by atoms with Crippen molar-refractivity contribution in [3.8, 4) is 39.7 Å². The van der Waals surface area contributed by atoms with Crippen molar-refractivity contribution >= 4 is 23.3 Å². The first kappa shape index (κ1) is 28.3. The number of H-pyrrole nitrogens is 2. The monoisotopic (exact) mass is 591 g/mol. The Bertz CT molecular complexity index is 1900. The molecule has 43 heavy (non-hydrogen) atoms. The molecule has 1 saturated heterocycles. The normalized spacial score (nSPS) is 14.0. The van der Waals surface area contributed by atoms with Crippen molar-refractivity contribution in [2.24, 2.45) is 0 Å². The van der Waals surface area contributed by atoms with Crippen LogP contribution >= 0.6 is 12.4 Å². The summed E-state index contributed by atoms with van der Waals surface area (Å²) < 4.78 is 0. The molecule has 1 aliphatic rings. The van der Waals surface area contributed by atoms with Gasteiger partial charge in [-0.1, -0.05) is 54.6 Å². The van der Waals surface area contributed by atoms with Crippen LogP contribution in [0.1, 0.15) is 30.1 Å². The minimum Gasteiger partial charge on any atom is -0.493 e. The first-order chi connectivity index (χ1) is 20.6.